The fourth-order valence-electron chi connectivity index (χ4n) is 3.76. The summed E-state index contributed by atoms with van der Waals surface area (Å²) >= 11 is 0. The normalized spacial score (nSPS) is 14.3. The van der Waals surface area contributed by atoms with Gasteiger partial charge in [0, 0.05) is 39.6 Å². The lowest BCUT2D eigenvalue weighted by atomic mass is 9.86. The Kier molecular flexibility index (Phi) is 10.0. The molecule has 32 heavy (non-hydrogen) atoms. The Morgan fingerprint density at radius 1 is 0.969 bits per heavy atom. The molecule has 1 amide bonds. The largest absolute Gasteiger partial charge is 0.356 e. The molecule has 3 rings (SSSR count). The van der Waals surface area contributed by atoms with E-state index < -0.39 is 0 Å². The number of benzene rings is 2. The molecule has 2 aromatic carbocycles. The third-order valence-corrected chi connectivity index (χ3v) is 5.78. The van der Waals surface area contributed by atoms with E-state index >= 15 is 0 Å². The van der Waals surface area contributed by atoms with Crippen LogP contribution in [0.25, 0.3) is 0 Å². The van der Waals surface area contributed by atoms with Crippen LogP contribution in [0.4, 0.5) is 0 Å². The van der Waals surface area contributed by atoms with Crippen LogP contribution in [0.1, 0.15) is 55.9 Å². The average molecular weight is 549 g/mol. The molecule has 6 heteroatoms. The molecule has 0 aromatic heterocycles. The molecule has 5 nitrogen and oxygen atoms in total. The fraction of sp³-hybridized carbons (Fsp3) is 0.462. The Morgan fingerprint density at radius 3 is 2.16 bits per heavy atom. The van der Waals surface area contributed by atoms with E-state index in [9.17, 15) is 4.79 Å². The minimum absolute atomic E-state index is 0. The van der Waals surface area contributed by atoms with Crippen LogP contribution in [0.15, 0.2) is 53.5 Å². The number of rotatable bonds is 7. The Morgan fingerprint density at radius 2 is 1.59 bits per heavy atom. The molecule has 1 aliphatic rings. The first-order valence-electron chi connectivity index (χ1n) is 11.2. The third-order valence-electron chi connectivity index (χ3n) is 5.78. The average Bonchev–Trinajstić information content (AvgIpc) is 3.15. The number of amides is 1. The van der Waals surface area contributed by atoms with E-state index in [0.29, 0.717) is 19.5 Å². The molecule has 0 unspecified atom stereocenters. The van der Waals surface area contributed by atoms with Gasteiger partial charge in [0.15, 0.2) is 5.96 Å². The van der Waals surface area contributed by atoms with Gasteiger partial charge in [-0.2, -0.15) is 0 Å². The number of nitrogens with one attached hydrogen (secondary N) is 2. The standard InChI is InChI=1S/C26H36N4O.HI/c1-26(2,3)23-13-11-20(12-14-23)15-16-28-25(27-4)29-18-21-7-9-22(10-8-21)19-30-17-5-6-24(30)31;/h7-14H,5-6,15-19H2,1-4H3,(H2,27,28,29);1H. The molecule has 1 saturated heterocycles. The highest BCUT2D eigenvalue weighted by molar-refractivity contribution is 14.0. The second kappa shape index (κ2) is 12.2. The van der Waals surface area contributed by atoms with E-state index in [4.69, 9.17) is 0 Å². The van der Waals surface area contributed by atoms with Crippen molar-refractivity contribution in [2.24, 2.45) is 4.99 Å². The van der Waals surface area contributed by atoms with Gasteiger partial charge in [-0.15, -0.1) is 24.0 Å². The fourth-order valence-corrected chi connectivity index (χ4v) is 3.76. The summed E-state index contributed by atoms with van der Waals surface area (Å²) in [5.74, 6) is 1.07. The number of nitrogens with zero attached hydrogens (tertiary/aromatic N) is 2. The van der Waals surface area contributed by atoms with Gasteiger partial charge in [-0.05, 0) is 40.5 Å². The Hall–Kier alpha value is -2.09. The Bertz CT molecular complexity index is 886. The molecule has 1 aliphatic heterocycles. The molecule has 1 heterocycles. The molecular formula is C26H37IN4O. The molecule has 0 aliphatic carbocycles. The van der Waals surface area contributed by atoms with Crippen molar-refractivity contribution >= 4 is 35.8 Å². The van der Waals surface area contributed by atoms with Crippen LogP contribution in [-0.2, 0) is 29.7 Å². The predicted molar refractivity (Wildman–Crippen MR) is 144 cm³/mol. The molecule has 0 atom stereocenters. The molecular weight excluding hydrogens is 511 g/mol. The van der Waals surface area contributed by atoms with Crippen LogP contribution in [0.3, 0.4) is 0 Å². The van der Waals surface area contributed by atoms with Crippen molar-refractivity contribution in [3.05, 3.63) is 70.8 Å². The van der Waals surface area contributed by atoms with Gasteiger partial charge in [-0.25, -0.2) is 0 Å². The van der Waals surface area contributed by atoms with Crippen LogP contribution in [0.2, 0.25) is 0 Å². The summed E-state index contributed by atoms with van der Waals surface area (Å²) in [7, 11) is 1.80. The van der Waals surface area contributed by atoms with E-state index in [0.717, 1.165) is 31.9 Å². The maximum absolute atomic E-state index is 11.8. The van der Waals surface area contributed by atoms with Gasteiger partial charge in [0.05, 0.1) is 0 Å². The zero-order chi connectivity index (χ0) is 22.3. The molecule has 2 aromatic rings. The lowest BCUT2D eigenvalue weighted by molar-refractivity contribution is -0.128. The topological polar surface area (TPSA) is 56.7 Å². The van der Waals surface area contributed by atoms with Gasteiger partial charge >= 0.3 is 0 Å². The highest BCUT2D eigenvalue weighted by Crippen LogP contribution is 2.22. The summed E-state index contributed by atoms with van der Waals surface area (Å²) in [4.78, 5) is 18.0. The highest BCUT2D eigenvalue weighted by atomic mass is 127. The van der Waals surface area contributed by atoms with Crippen LogP contribution in [0, 0.1) is 0 Å². The van der Waals surface area contributed by atoms with E-state index in [1.165, 1.54) is 22.3 Å². The molecule has 2 N–H and O–H groups in total. The molecule has 0 saturated carbocycles. The van der Waals surface area contributed by atoms with E-state index in [-0.39, 0.29) is 35.3 Å². The smallest absolute Gasteiger partial charge is 0.222 e. The first-order chi connectivity index (χ1) is 14.8. The van der Waals surface area contributed by atoms with Crippen molar-refractivity contribution in [1.82, 2.24) is 15.5 Å². The van der Waals surface area contributed by atoms with Crippen molar-refractivity contribution in [2.45, 2.75) is 58.5 Å². The number of aliphatic imine (C=N–C) groups is 1. The summed E-state index contributed by atoms with van der Waals surface area (Å²) in [6, 6.07) is 17.4. The summed E-state index contributed by atoms with van der Waals surface area (Å²) < 4.78 is 0. The zero-order valence-corrected chi connectivity index (χ0v) is 22.1. The number of hydrogen-bond donors (Lipinski definition) is 2. The third kappa shape index (κ3) is 7.80. The van der Waals surface area contributed by atoms with Crippen LogP contribution in [-0.4, -0.2) is 36.9 Å². The van der Waals surface area contributed by atoms with Gasteiger partial charge in [0.2, 0.25) is 5.91 Å². The molecule has 1 fully saturated rings. The summed E-state index contributed by atoms with van der Waals surface area (Å²) in [6.07, 6.45) is 2.63. The number of carbonyl (C=O) groups is 1. The minimum Gasteiger partial charge on any atom is -0.356 e. The second-order valence-corrected chi connectivity index (χ2v) is 9.28. The van der Waals surface area contributed by atoms with Crippen molar-refractivity contribution in [3.63, 3.8) is 0 Å². The first-order valence-corrected chi connectivity index (χ1v) is 11.2. The summed E-state index contributed by atoms with van der Waals surface area (Å²) in [6.45, 7) is 9.85. The number of guanidine groups is 1. The molecule has 0 radical (unpaired) electrons. The number of likely N-dealkylation sites (tertiary alicyclic amines) is 1. The van der Waals surface area contributed by atoms with Crippen molar-refractivity contribution in [1.29, 1.82) is 0 Å². The van der Waals surface area contributed by atoms with Gasteiger partial charge in [0.25, 0.3) is 0 Å². The van der Waals surface area contributed by atoms with Crippen LogP contribution < -0.4 is 10.6 Å². The van der Waals surface area contributed by atoms with Gasteiger partial charge in [0.1, 0.15) is 0 Å². The summed E-state index contributed by atoms with van der Waals surface area (Å²) in [5, 5.41) is 6.77. The summed E-state index contributed by atoms with van der Waals surface area (Å²) in [5.41, 5.74) is 5.24. The minimum atomic E-state index is 0. The maximum Gasteiger partial charge on any atom is 0.222 e. The number of carbonyl (C=O) groups excluding carboxylic acids is 1. The lowest BCUT2D eigenvalue weighted by Crippen LogP contribution is -2.37. The van der Waals surface area contributed by atoms with Gasteiger partial charge in [-0.1, -0.05) is 69.3 Å². The van der Waals surface area contributed by atoms with Gasteiger partial charge in [-0.3, -0.25) is 9.79 Å². The first kappa shape index (κ1) is 26.2. The predicted octanol–water partition coefficient (Wildman–Crippen LogP) is 4.63. The SMILES string of the molecule is CN=C(NCCc1ccc(C(C)(C)C)cc1)NCc1ccc(CN2CCCC2=O)cc1.I. The van der Waals surface area contributed by atoms with Crippen LogP contribution in [0.5, 0.6) is 0 Å². The second-order valence-electron chi connectivity index (χ2n) is 9.28. The van der Waals surface area contributed by atoms with E-state index in [1.807, 2.05) is 4.90 Å². The highest BCUT2D eigenvalue weighted by Gasteiger charge is 2.19. The van der Waals surface area contributed by atoms with E-state index in [2.05, 4.69) is 84.9 Å². The number of halogens is 1. The number of hydrogen-bond acceptors (Lipinski definition) is 2. The van der Waals surface area contributed by atoms with Crippen LogP contribution >= 0.6 is 24.0 Å². The van der Waals surface area contributed by atoms with Gasteiger partial charge < -0.3 is 15.5 Å². The molecule has 0 bridgehead atoms. The molecule has 0 spiro atoms. The van der Waals surface area contributed by atoms with Crippen molar-refractivity contribution in [3.8, 4) is 0 Å². The molecule has 174 valence electrons. The van der Waals surface area contributed by atoms with Crippen molar-refractivity contribution in [2.75, 3.05) is 20.1 Å². The lowest BCUT2D eigenvalue weighted by Gasteiger charge is -2.19. The zero-order valence-electron chi connectivity index (χ0n) is 19.8. The monoisotopic (exact) mass is 548 g/mol. The van der Waals surface area contributed by atoms with E-state index in [1.54, 1.807) is 7.05 Å². The quantitative estimate of drug-likeness (QED) is 0.302. The Balaban J connectivity index is 0.00000363. The maximum atomic E-state index is 11.8. The van der Waals surface area contributed by atoms with Crippen molar-refractivity contribution < 1.29 is 4.79 Å². The Labute approximate surface area is 210 Å².